The Bertz CT molecular complexity index is 294. The van der Waals surface area contributed by atoms with Crippen LogP contribution >= 0.6 is 0 Å². The molecule has 0 aliphatic heterocycles. The normalized spacial score (nSPS) is 12.5. The molecule has 2 aliphatic carbocycles. The molecule has 0 aromatic rings. The van der Waals surface area contributed by atoms with Crippen molar-refractivity contribution < 1.29 is 15.0 Å². The first-order chi connectivity index (χ1) is 6.15. The summed E-state index contributed by atoms with van der Waals surface area (Å²) in [4.78, 5) is 9.65. The molecule has 0 amide bonds. The van der Waals surface area contributed by atoms with Crippen LogP contribution in [0.25, 0.3) is 11.1 Å². The van der Waals surface area contributed by atoms with Gasteiger partial charge < -0.3 is 15.9 Å². The second-order valence-corrected chi connectivity index (χ2v) is 2.71. The van der Waals surface area contributed by atoms with Crippen molar-refractivity contribution in [2.24, 2.45) is 5.73 Å². The van der Waals surface area contributed by atoms with E-state index in [0.29, 0.717) is 0 Å². The van der Waals surface area contributed by atoms with Gasteiger partial charge in [0.15, 0.2) is 0 Å². The maximum absolute atomic E-state index is 9.65. The van der Waals surface area contributed by atoms with E-state index in [1.807, 2.05) is 0 Å². The number of carbonyl (C=O) groups is 1. The van der Waals surface area contributed by atoms with Crippen molar-refractivity contribution >= 4 is 5.97 Å². The maximum atomic E-state index is 9.65. The van der Waals surface area contributed by atoms with Crippen LogP contribution in [0.5, 0.6) is 0 Å². The highest BCUT2D eigenvalue weighted by Gasteiger charge is 2.07. The molecule has 1 atom stereocenters. The Morgan fingerprint density at radius 2 is 2.00 bits per heavy atom. The summed E-state index contributed by atoms with van der Waals surface area (Å²) in [6.07, 6.45) is 0. The first-order valence-electron chi connectivity index (χ1n) is 3.85. The quantitative estimate of drug-likeness (QED) is 0.611. The zero-order chi connectivity index (χ0) is 9.84. The molecule has 1 unspecified atom stereocenters. The van der Waals surface area contributed by atoms with E-state index >= 15 is 0 Å². The molecule has 0 radical (unpaired) electrons. The minimum Gasteiger partial charge on any atom is -0.480 e. The van der Waals surface area contributed by atoms with E-state index in [9.17, 15) is 4.79 Å². The third-order valence-corrected chi connectivity index (χ3v) is 1.63. The third kappa shape index (κ3) is 2.85. The van der Waals surface area contributed by atoms with E-state index in [2.05, 4.69) is 24.3 Å². The molecule has 0 spiro atoms. The first-order valence-corrected chi connectivity index (χ1v) is 3.85. The van der Waals surface area contributed by atoms with E-state index in [0.717, 1.165) is 0 Å². The van der Waals surface area contributed by atoms with Crippen molar-refractivity contribution in [3.8, 4) is 11.1 Å². The number of benzene rings is 1. The smallest absolute Gasteiger partial charge is 0.322 e. The molecule has 4 heteroatoms. The van der Waals surface area contributed by atoms with Crippen LogP contribution < -0.4 is 5.73 Å². The molecule has 0 aromatic carbocycles. The molecule has 0 aromatic heterocycles. The van der Waals surface area contributed by atoms with Crippen LogP contribution in [0.4, 0.5) is 0 Å². The molecule has 0 saturated heterocycles. The molecule has 70 valence electrons. The lowest BCUT2D eigenvalue weighted by atomic mass is 10.3. The fourth-order valence-electron chi connectivity index (χ4n) is 0.754. The Morgan fingerprint density at radius 3 is 2.08 bits per heavy atom. The zero-order valence-electron chi connectivity index (χ0n) is 6.97. The number of nitrogens with two attached hydrogens (primary N) is 1. The average molecular weight is 181 g/mol. The van der Waals surface area contributed by atoms with Crippen LogP contribution in [-0.4, -0.2) is 28.8 Å². The lowest BCUT2D eigenvalue weighted by molar-refractivity contribution is -0.139. The molecule has 2 aliphatic rings. The Hall–Kier alpha value is -1.39. The van der Waals surface area contributed by atoms with Crippen LogP contribution in [-0.2, 0) is 4.79 Å². The second-order valence-electron chi connectivity index (χ2n) is 2.71. The van der Waals surface area contributed by atoms with Crippen LogP contribution in [0.1, 0.15) is 0 Å². The Kier molecular flexibility index (Phi) is 3.00. The fraction of sp³-hybridized carbons (Fsp3) is 0.222. The van der Waals surface area contributed by atoms with Crippen molar-refractivity contribution in [3.63, 3.8) is 0 Å². The standard InChI is InChI=1S/C6H4.C3H7NO3/c1-2-5-4-6(5)3-1;4-2(1-5)3(6)7/h1-4H;2,5H,1,4H2,(H,6,7). The van der Waals surface area contributed by atoms with Gasteiger partial charge >= 0.3 is 5.97 Å². The number of aliphatic hydroxyl groups is 1. The SMILES string of the molecule is NC(CO)C(=O)O.c1cc2cc-2c1. The number of carboxylic acid groups (broad SMARTS) is 1. The number of carboxylic acids is 1. The van der Waals surface area contributed by atoms with Gasteiger partial charge in [-0.3, -0.25) is 4.79 Å². The van der Waals surface area contributed by atoms with E-state index in [1.165, 1.54) is 11.1 Å². The van der Waals surface area contributed by atoms with Crippen LogP contribution in [0, 0.1) is 0 Å². The topological polar surface area (TPSA) is 83.5 Å². The van der Waals surface area contributed by atoms with E-state index < -0.39 is 18.6 Å². The van der Waals surface area contributed by atoms with Gasteiger partial charge in [0, 0.05) is 0 Å². The summed E-state index contributed by atoms with van der Waals surface area (Å²) in [6.45, 7) is -0.505. The van der Waals surface area contributed by atoms with Gasteiger partial charge in [-0.1, -0.05) is 18.2 Å². The van der Waals surface area contributed by atoms with Gasteiger partial charge in [0.05, 0.1) is 6.61 Å². The monoisotopic (exact) mass is 181 g/mol. The highest BCUT2D eigenvalue weighted by atomic mass is 16.4. The first kappa shape index (κ1) is 9.70. The molecule has 4 nitrogen and oxygen atoms in total. The molecule has 2 rings (SSSR count). The molecular formula is C9H11NO3. The van der Waals surface area contributed by atoms with Gasteiger partial charge in [0.25, 0.3) is 0 Å². The van der Waals surface area contributed by atoms with Gasteiger partial charge in [-0.15, -0.1) is 0 Å². The third-order valence-electron chi connectivity index (χ3n) is 1.63. The lowest BCUT2D eigenvalue weighted by Crippen LogP contribution is -2.33. The number of hydrogen-bond acceptors (Lipinski definition) is 3. The van der Waals surface area contributed by atoms with Gasteiger partial charge in [-0.05, 0) is 17.2 Å². The molecule has 0 heterocycles. The molecule has 13 heavy (non-hydrogen) atoms. The number of fused-ring (bicyclic) bond motifs is 1. The largest absolute Gasteiger partial charge is 0.480 e. The lowest BCUT2D eigenvalue weighted by Gasteiger charge is -1.96. The summed E-state index contributed by atoms with van der Waals surface area (Å²) in [7, 11) is 0. The van der Waals surface area contributed by atoms with Crippen LogP contribution in [0.15, 0.2) is 24.3 Å². The minimum atomic E-state index is -1.18. The van der Waals surface area contributed by atoms with Crippen LogP contribution in [0.3, 0.4) is 0 Å². The van der Waals surface area contributed by atoms with E-state index in [1.54, 1.807) is 0 Å². The minimum absolute atomic E-state index is 0.505. The second kappa shape index (κ2) is 4.02. The molecule has 4 N–H and O–H groups in total. The van der Waals surface area contributed by atoms with Crippen molar-refractivity contribution in [2.75, 3.05) is 6.61 Å². The van der Waals surface area contributed by atoms with Gasteiger partial charge in [-0.2, -0.15) is 0 Å². The van der Waals surface area contributed by atoms with Gasteiger partial charge in [0.2, 0.25) is 0 Å². The number of hydrogen-bond donors (Lipinski definition) is 3. The van der Waals surface area contributed by atoms with Crippen molar-refractivity contribution in [1.29, 1.82) is 0 Å². The Morgan fingerprint density at radius 1 is 1.46 bits per heavy atom. The number of aliphatic hydroxyl groups excluding tert-OH is 1. The fourth-order valence-corrected chi connectivity index (χ4v) is 0.754. The van der Waals surface area contributed by atoms with Crippen LogP contribution in [0.2, 0.25) is 0 Å². The predicted molar refractivity (Wildman–Crippen MR) is 48.1 cm³/mol. The van der Waals surface area contributed by atoms with Crippen molar-refractivity contribution in [3.05, 3.63) is 24.3 Å². The molecular weight excluding hydrogens is 170 g/mol. The Balaban J connectivity index is 0.000000130. The summed E-state index contributed by atoms with van der Waals surface area (Å²) in [6, 6.07) is 7.36. The van der Waals surface area contributed by atoms with Crippen molar-refractivity contribution in [2.45, 2.75) is 6.04 Å². The Labute approximate surface area is 75.6 Å². The predicted octanol–water partition coefficient (Wildman–Crippen LogP) is 0.0576. The summed E-state index contributed by atoms with van der Waals surface area (Å²) < 4.78 is 0. The summed E-state index contributed by atoms with van der Waals surface area (Å²) in [5.74, 6) is -1.18. The summed E-state index contributed by atoms with van der Waals surface area (Å²) >= 11 is 0. The average Bonchev–Trinajstić information content (AvgIpc) is 2.73. The van der Waals surface area contributed by atoms with E-state index in [4.69, 9.17) is 15.9 Å². The van der Waals surface area contributed by atoms with Gasteiger partial charge in [-0.25, -0.2) is 0 Å². The maximum Gasteiger partial charge on any atom is 0.322 e. The highest BCUT2D eigenvalue weighted by molar-refractivity contribution is 5.80. The summed E-state index contributed by atoms with van der Waals surface area (Å²) in [5, 5.41) is 15.9. The summed E-state index contributed by atoms with van der Waals surface area (Å²) in [5.41, 5.74) is 7.62. The number of aliphatic carboxylic acids is 1. The zero-order valence-corrected chi connectivity index (χ0v) is 6.97. The van der Waals surface area contributed by atoms with Crippen molar-refractivity contribution in [1.82, 2.24) is 0 Å². The van der Waals surface area contributed by atoms with Gasteiger partial charge in [0.1, 0.15) is 6.04 Å². The highest BCUT2D eigenvalue weighted by Crippen LogP contribution is 2.32. The molecule has 0 fully saturated rings. The number of rotatable bonds is 2. The molecule has 0 bridgehead atoms. The van der Waals surface area contributed by atoms with E-state index in [-0.39, 0.29) is 0 Å². The molecule has 0 saturated carbocycles.